The van der Waals surface area contributed by atoms with Gasteiger partial charge in [-0.2, -0.15) is 5.26 Å². The third-order valence-electron chi connectivity index (χ3n) is 2.33. The summed E-state index contributed by atoms with van der Waals surface area (Å²) in [5.74, 6) is 0. The average Bonchev–Trinajstić information content (AvgIpc) is 2.38. The molecule has 3 N–H and O–H groups in total. The minimum atomic E-state index is -3.84. The van der Waals surface area contributed by atoms with Gasteiger partial charge in [-0.3, -0.25) is 9.71 Å². The molecule has 0 aliphatic heterocycles. The number of aromatic nitrogens is 1. The highest BCUT2D eigenvalue weighted by molar-refractivity contribution is 7.92. The highest BCUT2D eigenvalue weighted by Gasteiger charge is 2.18. The number of benzene rings is 1. The Hall–Kier alpha value is -2.59. The Labute approximate surface area is 110 Å². The molecule has 0 atom stereocenters. The average molecular weight is 274 g/mol. The fourth-order valence-corrected chi connectivity index (χ4v) is 2.68. The molecule has 0 unspecified atom stereocenters. The molecule has 1 aromatic carbocycles. The molecule has 0 aliphatic rings. The molecule has 1 aromatic heterocycles. The van der Waals surface area contributed by atoms with E-state index in [0.717, 1.165) is 0 Å². The predicted octanol–water partition coefficient (Wildman–Crippen LogP) is 1.34. The number of nitrogens with one attached hydrogen (secondary N) is 1. The van der Waals surface area contributed by atoms with Gasteiger partial charge in [-0.1, -0.05) is 0 Å². The normalized spacial score (nSPS) is 10.7. The topological polar surface area (TPSA) is 109 Å². The second-order valence-electron chi connectivity index (χ2n) is 3.71. The third kappa shape index (κ3) is 2.81. The second-order valence-corrected chi connectivity index (χ2v) is 5.37. The largest absolute Gasteiger partial charge is 0.399 e. The summed E-state index contributed by atoms with van der Waals surface area (Å²) in [4.78, 5) is 3.69. The van der Waals surface area contributed by atoms with Crippen LogP contribution in [0.4, 0.5) is 11.4 Å². The van der Waals surface area contributed by atoms with Gasteiger partial charge >= 0.3 is 0 Å². The third-order valence-corrected chi connectivity index (χ3v) is 3.77. The van der Waals surface area contributed by atoms with Gasteiger partial charge in [0.05, 0.1) is 17.4 Å². The molecule has 0 saturated heterocycles. The van der Waals surface area contributed by atoms with Crippen molar-refractivity contribution in [1.29, 1.82) is 5.26 Å². The van der Waals surface area contributed by atoms with E-state index in [2.05, 4.69) is 9.71 Å². The van der Waals surface area contributed by atoms with E-state index in [1.165, 1.54) is 30.6 Å². The highest BCUT2D eigenvalue weighted by Crippen LogP contribution is 2.20. The van der Waals surface area contributed by atoms with Gasteiger partial charge in [-0.25, -0.2) is 8.42 Å². The maximum Gasteiger partial charge on any atom is 0.263 e. The van der Waals surface area contributed by atoms with Gasteiger partial charge in [0, 0.05) is 11.9 Å². The summed E-state index contributed by atoms with van der Waals surface area (Å²) < 4.78 is 26.7. The Balaban J connectivity index is 2.44. The van der Waals surface area contributed by atoms with Gasteiger partial charge in [0.1, 0.15) is 11.0 Å². The zero-order valence-electron chi connectivity index (χ0n) is 9.74. The molecule has 2 aromatic rings. The van der Waals surface area contributed by atoms with E-state index in [4.69, 9.17) is 11.0 Å². The number of nitriles is 1. The van der Waals surface area contributed by atoms with E-state index in [9.17, 15) is 8.42 Å². The van der Waals surface area contributed by atoms with Gasteiger partial charge in [-0.15, -0.1) is 0 Å². The summed E-state index contributed by atoms with van der Waals surface area (Å²) in [6, 6.07) is 9.02. The monoisotopic (exact) mass is 274 g/mol. The lowest BCUT2D eigenvalue weighted by Crippen LogP contribution is -2.14. The number of hydrogen-bond acceptors (Lipinski definition) is 5. The van der Waals surface area contributed by atoms with E-state index in [0.29, 0.717) is 11.4 Å². The predicted molar refractivity (Wildman–Crippen MR) is 70.6 cm³/mol. The second kappa shape index (κ2) is 4.96. The zero-order chi connectivity index (χ0) is 13.9. The Bertz CT molecular complexity index is 736. The number of nitrogens with zero attached hydrogens (tertiary/aromatic N) is 2. The molecule has 0 spiro atoms. The van der Waals surface area contributed by atoms with Gasteiger partial charge in [0.15, 0.2) is 0 Å². The Morgan fingerprint density at radius 1 is 1.32 bits per heavy atom. The molecule has 7 heteroatoms. The standard InChI is InChI=1S/C12H10N4O2S/c13-7-9-6-10(14)3-4-12(9)19(17,18)16-11-2-1-5-15-8-11/h1-6,8,16H,14H2. The maximum absolute atomic E-state index is 12.2. The van der Waals surface area contributed by atoms with Crippen molar-refractivity contribution in [2.45, 2.75) is 4.90 Å². The molecular formula is C12H10N4O2S. The smallest absolute Gasteiger partial charge is 0.263 e. The number of pyridine rings is 1. The van der Waals surface area contributed by atoms with Crippen LogP contribution in [0, 0.1) is 11.3 Å². The quantitative estimate of drug-likeness (QED) is 0.821. The van der Waals surface area contributed by atoms with Crippen LogP contribution in [-0.2, 0) is 10.0 Å². The molecule has 2 rings (SSSR count). The first-order valence-electron chi connectivity index (χ1n) is 5.25. The summed E-state index contributed by atoms with van der Waals surface area (Å²) >= 11 is 0. The van der Waals surface area contributed by atoms with Gasteiger partial charge < -0.3 is 5.73 Å². The fraction of sp³-hybridized carbons (Fsp3) is 0. The first-order valence-corrected chi connectivity index (χ1v) is 6.74. The van der Waals surface area contributed by atoms with Crippen molar-refractivity contribution >= 4 is 21.4 Å². The number of hydrogen-bond donors (Lipinski definition) is 2. The number of nitrogens with two attached hydrogens (primary N) is 1. The lowest BCUT2D eigenvalue weighted by Gasteiger charge is -2.09. The summed E-state index contributed by atoms with van der Waals surface area (Å²) in [6.07, 6.45) is 2.91. The Morgan fingerprint density at radius 3 is 2.74 bits per heavy atom. The summed E-state index contributed by atoms with van der Waals surface area (Å²) in [5, 5.41) is 8.96. The van der Waals surface area contributed by atoms with E-state index in [1.807, 2.05) is 6.07 Å². The molecule has 0 saturated carbocycles. The van der Waals surface area contributed by atoms with Crippen LogP contribution in [0.25, 0.3) is 0 Å². The van der Waals surface area contributed by atoms with Crippen molar-refractivity contribution in [2.75, 3.05) is 10.5 Å². The summed E-state index contributed by atoms with van der Waals surface area (Å²) in [5.41, 5.74) is 6.17. The SMILES string of the molecule is N#Cc1cc(N)ccc1S(=O)(=O)Nc1cccnc1. The minimum Gasteiger partial charge on any atom is -0.399 e. The first-order chi connectivity index (χ1) is 9.03. The van der Waals surface area contributed by atoms with Crippen molar-refractivity contribution in [3.05, 3.63) is 48.3 Å². The van der Waals surface area contributed by atoms with Crippen LogP contribution >= 0.6 is 0 Å². The van der Waals surface area contributed by atoms with Gasteiger partial charge in [-0.05, 0) is 30.3 Å². The number of nitrogen functional groups attached to an aromatic ring is 1. The highest BCUT2D eigenvalue weighted by atomic mass is 32.2. The Morgan fingerprint density at radius 2 is 2.11 bits per heavy atom. The fourth-order valence-electron chi connectivity index (χ4n) is 1.50. The van der Waals surface area contributed by atoms with Crippen LogP contribution in [0.2, 0.25) is 0 Å². The van der Waals surface area contributed by atoms with E-state index in [1.54, 1.807) is 12.1 Å². The van der Waals surface area contributed by atoms with Crippen LogP contribution in [0.1, 0.15) is 5.56 Å². The van der Waals surface area contributed by atoms with Crippen LogP contribution in [0.15, 0.2) is 47.6 Å². The van der Waals surface area contributed by atoms with Gasteiger partial charge in [0.25, 0.3) is 10.0 Å². The molecule has 0 bridgehead atoms. The van der Waals surface area contributed by atoms with Crippen molar-refractivity contribution in [1.82, 2.24) is 4.98 Å². The molecule has 19 heavy (non-hydrogen) atoms. The number of rotatable bonds is 3. The zero-order valence-corrected chi connectivity index (χ0v) is 10.6. The van der Waals surface area contributed by atoms with Crippen LogP contribution in [0.5, 0.6) is 0 Å². The summed E-state index contributed by atoms with van der Waals surface area (Å²) in [7, 11) is -3.84. The van der Waals surface area contributed by atoms with Crippen molar-refractivity contribution in [3.8, 4) is 6.07 Å². The maximum atomic E-state index is 12.2. The number of anilines is 2. The molecule has 0 aliphatic carbocycles. The molecule has 6 nitrogen and oxygen atoms in total. The lowest BCUT2D eigenvalue weighted by molar-refractivity contribution is 0.601. The molecule has 0 amide bonds. The van der Waals surface area contributed by atoms with Crippen LogP contribution < -0.4 is 10.5 Å². The molecule has 96 valence electrons. The Kier molecular flexibility index (Phi) is 3.35. The molecular weight excluding hydrogens is 264 g/mol. The van der Waals surface area contributed by atoms with Gasteiger partial charge in [0.2, 0.25) is 0 Å². The van der Waals surface area contributed by atoms with Crippen molar-refractivity contribution < 1.29 is 8.42 Å². The van der Waals surface area contributed by atoms with E-state index >= 15 is 0 Å². The van der Waals surface area contributed by atoms with E-state index < -0.39 is 10.0 Å². The van der Waals surface area contributed by atoms with Crippen LogP contribution in [-0.4, -0.2) is 13.4 Å². The lowest BCUT2D eigenvalue weighted by atomic mass is 10.2. The molecule has 0 radical (unpaired) electrons. The molecule has 0 fully saturated rings. The van der Waals surface area contributed by atoms with Crippen molar-refractivity contribution in [2.24, 2.45) is 0 Å². The molecule has 1 heterocycles. The summed E-state index contributed by atoms with van der Waals surface area (Å²) in [6.45, 7) is 0. The number of sulfonamides is 1. The first kappa shape index (κ1) is 12.9. The minimum absolute atomic E-state index is 0.00334. The van der Waals surface area contributed by atoms with Crippen molar-refractivity contribution in [3.63, 3.8) is 0 Å². The van der Waals surface area contributed by atoms with E-state index in [-0.39, 0.29) is 10.5 Å². The van der Waals surface area contributed by atoms with Crippen LogP contribution in [0.3, 0.4) is 0 Å².